The van der Waals surface area contributed by atoms with E-state index in [2.05, 4.69) is 69.6 Å². The molecule has 1 aromatic carbocycles. The highest BCUT2D eigenvalue weighted by Crippen LogP contribution is 2.27. The van der Waals surface area contributed by atoms with Gasteiger partial charge in [-0.15, -0.1) is 12.3 Å². The first-order valence-electron chi connectivity index (χ1n) is 6.78. The van der Waals surface area contributed by atoms with Gasteiger partial charge < -0.3 is 4.43 Å². The molecular formula is C15H26OSi2. The number of benzene rings is 1. The van der Waals surface area contributed by atoms with Gasteiger partial charge in [0.15, 0.2) is 8.32 Å². The molecule has 0 amide bonds. The molecule has 3 heteroatoms. The smallest absolute Gasteiger partial charge is 0.187 e. The van der Waals surface area contributed by atoms with Crippen LogP contribution < -0.4 is 0 Å². The van der Waals surface area contributed by atoms with Gasteiger partial charge in [0.25, 0.3) is 0 Å². The second kappa shape index (κ2) is 7.07. The van der Waals surface area contributed by atoms with Gasteiger partial charge in [-0.25, -0.2) is 0 Å². The van der Waals surface area contributed by atoms with E-state index < -0.39 is 8.32 Å². The van der Waals surface area contributed by atoms with Gasteiger partial charge in [-0.1, -0.05) is 37.3 Å². The van der Waals surface area contributed by atoms with E-state index in [9.17, 15) is 0 Å². The molecule has 2 unspecified atom stereocenters. The van der Waals surface area contributed by atoms with Crippen LogP contribution in [0.15, 0.2) is 42.6 Å². The van der Waals surface area contributed by atoms with Crippen LogP contribution in [0, 0.1) is 0 Å². The summed E-state index contributed by atoms with van der Waals surface area (Å²) >= 11 is 0. The summed E-state index contributed by atoms with van der Waals surface area (Å²) in [7, 11) is -1.82. The van der Waals surface area contributed by atoms with E-state index in [0.717, 1.165) is 0 Å². The fraction of sp³-hybridized carbons (Fsp3) is 0.467. The van der Waals surface area contributed by atoms with Crippen LogP contribution in [0.3, 0.4) is 0 Å². The zero-order valence-corrected chi connectivity index (χ0v) is 14.6. The summed E-state index contributed by atoms with van der Waals surface area (Å²) in [6.07, 6.45) is 0. The van der Waals surface area contributed by atoms with Crippen LogP contribution >= 0.6 is 0 Å². The van der Waals surface area contributed by atoms with E-state index >= 15 is 0 Å². The zero-order chi connectivity index (χ0) is 13.6. The maximum Gasteiger partial charge on any atom is 0.187 e. The SMILES string of the molecule is C=C[SiH2]C(C)O[Si](C)(C)CC(C)c1ccccc1. The van der Waals surface area contributed by atoms with Crippen molar-refractivity contribution in [2.45, 2.75) is 44.6 Å². The Bertz CT molecular complexity index is 362. The van der Waals surface area contributed by atoms with E-state index in [1.54, 1.807) is 0 Å². The fourth-order valence-electron chi connectivity index (χ4n) is 2.51. The molecule has 100 valence electrons. The quantitative estimate of drug-likeness (QED) is 0.692. The van der Waals surface area contributed by atoms with Crippen molar-refractivity contribution in [1.29, 1.82) is 0 Å². The molecule has 0 N–H and O–H groups in total. The molecule has 18 heavy (non-hydrogen) atoms. The highest BCUT2D eigenvalue weighted by molar-refractivity contribution is 6.71. The first kappa shape index (κ1) is 15.4. The van der Waals surface area contributed by atoms with Crippen LogP contribution in [0.2, 0.25) is 19.1 Å². The summed E-state index contributed by atoms with van der Waals surface area (Å²) in [6, 6.07) is 11.9. The second-order valence-electron chi connectivity index (χ2n) is 5.73. The van der Waals surface area contributed by atoms with E-state index in [0.29, 0.717) is 11.6 Å². The van der Waals surface area contributed by atoms with E-state index in [1.165, 1.54) is 11.6 Å². The molecule has 0 radical (unpaired) electrons. The van der Waals surface area contributed by atoms with E-state index in [1.807, 2.05) is 0 Å². The van der Waals surface area contributed by atoms with Crippen molar-refractivity contribution >= 4 is 17.8 Å². The largest absolute Gasteiger partial charge is 0.418 e. The molecule has 0 aliphatic rings. The minimum Gasteiger partial charge on any atom is -0.418 e. The normalized spacial score (nSPS) is 15.8. The minimum absolute atomic E-state index is 0.254. The number of hydrogen-bond acceptors (Lipinski definition) is 1. The lowest BCUT2D eigenvalue weighted by atomic mass is 10.0. The molecule has 0 saturated carbocycles. The Balaban J connectivity index is 2.57. The molecule has 1 aromatic rings. The molecule has 0 aromatic heterocycles. The Labute approximate surface area is 115 Å². The molecular weight excluding hydrogens is 252 g/mol. The molecule has 1 rings (SSSR count). The Hall–Kier alpha value is -0.646. The van der Waals surface area contributed by atoms with Crippen LogP contribution in [0.25, 0.3) is 0 Å². The average Bonchev–Trinajstić information content (AvgIpc) is 2.29. The van der Waals surface area contributed by atoms with Crippen LogP contribution in [0.4, 0.5) is 0 Å². The predicted molar refractivity (Wildman–Crippen MR) is 86.4 cm³/mol. The molecule has 0 bridgehead atoms. The molecule has 0 aliphatic heterocycles. The van der Waals surface area contributed by atoms with Crippen molar-refractivity contribution in [3.8, 4) is 0 Å². The second-order valence-corrected chi connectivity index (χ2v) is 12.1. The summed E-state index contributed by atoms with van der Waals surface area (Å²) < 4.78 is 6.30. The van der Waals surface area contributed by atoms with E-state index in [4.69, 9.17) is 4.43 Å². The Morgan fingerprint density at radius 2 is 1.89 bits per heavy atom. The van der Waals surface area contributed by atoms with Gasteiger partial charge >= 0.3 is 0 Å². The van der Waals surface area contributed by atoms with Gasteiger partial charge in [-0.05, 0) is 37.5 Å². The highest BCUT2D eigenvalue weighted by atomic mass is 28.4. The van der Waals surface area contributed by atoms with Gasteiger partial charge in [-0.3, -0.25) is 0 Å². The zero-order valence-electron chi connectivity index (χ0n) is 12.1. The Kier molecular flexibility index (Phi) is 6.05. The lowest BCUT2D eigenvalue weighted by Crippen LogP contribution is -2.37. The summed E-state index contributed by atoms with van der Waals surface area (Å²) in [5.41, 5.74) is 3.94. The molecule has 2 atom stereocenters. The maximum absolute atomic E-state index is 6.30. The van der Waals surface area contributed by atoms with Gasteiger partial charge in [0.2, 0.25) is 0 Å². The third-order valence-electron chi connectivity index (χ3n) is 3.19. The Morgan fingerprint density at radius 3 is 2.44 bits per heavy atom. The topological polar surface area (TPSA) is 9.23 Å². The first-order valence-corrected chi connectivity index (χ1v) is 11.5. The average molecular weight is 279 g/mol. The fourth-order valence-corrected chi connectivity index (χ4v) is 7.62. The Morgan fingerprint density at radius 1 is 1.28 bits per heavy atom. The molecule has 0 spiro atoms. The van der Waals surface area contributed by atoms with E-state index in [-0.39, 0.29) is 9.52 Å². The maximum atomic E-state index is 6.30. The van der Waals surface area contributed by atoms with Crippen molar-refractivity contribution in [2.75, 3.05) is 0 Å². The minimum atomic E-state index is -1.56. The molecule has 0 aliphatic carbocycles. The van der Waals surface area contributed by atoms with Crippen LogP contribution in [0.5, 0.6) is 0 Å². The van der Waals surface area contributed by atoms with Gasteiger partial charge in [-0.2, -0.15) is 0 Å². The predicted octanol–water partition coefficient (Wildman–Crippen LogP) is 3.67. The summed E-state index contributed by atoms with van der Waals surface area (Å²) in [5.74, 6) is 0.588. The molecule has 0 saturated heterocycles. The van der Waals surface area contributed by atoms with Crippen LogP contribution in [-0.2, 0) is 4.43 Å². The lowest BCUT2D eigenvalue weighted by Gasteiger charge is -2.29. The monoisotopic (exact) mass is 278 g/mol. The third-order valence-corrected chi connectivity index (χ3v) is 7.32. The number of hydrogen-bond donors (Lipinski definition) is 0. The third kappa shape index (κ3) is 5.33. The van der Waals surface area contributed by atoms with Crippen molar-refractivity contribution in [3.05, 3.63) is 48.2 Å². The molecule has 1 nitrogen and oxygen atoms in total. The van der Waals surface area contributed by atoms with Gasteiger partial charge in [0.1, 0.15) is 0 Å². The highest BCUT2D eigenvalue weighted by Gasteiger charge is 2.27. The van der Waals surface area contributed by atoms with Gasteiger partial charge in [0, 0.05) is 5.73 Å². The van der Waals surface area contributed by atoms with Crippen molar-refractivity contribution in [3.63, 3.8) is 0 Å². The van der Waals surface area contributed by atoms with Crippen LogP contribution in [0.1, 0.15) is 25.3 Å². The standard InChI is InChI=1S/C15H26OSi2/c1-6-17-14(3)16-18(4,5)12-13(2)15-10-8-7-9-11-15/h6-11,13-14H,1,12,17H2,2-5H3. The molecule has 0 heterocycles. The van der Waals surface area contributed by atoms with Crippen molar-refractivity contribution in [2.24, 2.45) is 0 Å². The van der Waals surface area contributed by atoms with Gasteiger partial charge in [0.05, 0.1) is 9.52 Å². The van der Waals surface area contributed by atoms with Crippen molar-refractivity contribution < 1.29 is 4.43 Å². The van der Waals surface area contributed by atoms with Crippen molar-refractivity contribution in [1.82, 2.24) is 0 Å². The number of rotatable bonds is 7. The summed E-state index contributed by atoms with van der Waals surface area (Å²) in [5, 5.41) is 0. The summed E-state index contributed by atoms with van der Waals surface area (Å²) in [6.45, 7) is 13.0. The molecule has 0 fully saturated rings. The lowest BCUT2D eigenvalue weighted by molar-refractivity contribution is 0.285. The first-order chi connectivity index (χ1) is 8.44. The summed E-state index contributed by atoms with van der Waals surface area (Å²) in [4.78, 5) is 0. The van der Waals surface area contributed by atoms with Crippen LogP contribution in [-0.4, -0.2) is 23.6 Å².